The molecule has 0 saturated carbocycles. The Morgan fingerprint density at radius 2 is 2.10 bits per heavy atom. The molecule has 110 valence electrons. The van der Waals surface area contributed by atoms with Gasteiger partial charge in [-0.25, -0.2) is 9.67 Å². The first-order chi connectivity index (χ1) is 10.1. The minimum absolute atomic E-state index is 0.114. The molecule has 2 aromatic rings. The molecule has 2 aromatic heterocycles. The Bertz CT molecular complexity index is 664. The third kappa shape index (κ3) is 3.22. The van der Waals surface area contributed by atoms with E-state index in [-0.39, 0.29) is 10.9 Å². The maximum atomic E-state index is 12.3. The second-order valence-electron chi connectivity index (χ2n) is 4.25. The molecule has 21 heavy (non-hydrogen) atoms. The summed E-state index contributed by atoms with van der Waals surface area (Å²) in [5, 5.41) is 4.15. The molecule has 2 heterocycles. The van der Waals surface area contributed by atoms with Crippen molar-refractivity contribution >= 4 is 23.1 Å². The first-order valence-corrected chi connectivity index (χ1v) is 6.94. The van der Waals surface area contributed by atoms with Crippen LogP contribution in [0.1, 0.15) is 30.2 Å². The van der Waals surface area contributed by atoms with Crippen LogP contribution < -0.4 is 5.73 Å². The molecule has 0 bridgehead atoms. The summed E-state index contributed by atoms with van der Waals surface area (Å²) in [5.41, 5.74) is 6.52. The quantitative estimate of drug-likeness (QED) is 0.821. The molecule has 2 N–H and O–H groups in total. The minimum atomic E-state index is -0.114. The van der Waals surface area contributed by atoms with Gasteiger partial charge in [0.2, 0.25) is 5.82 Å². The van der Waals surface area contributed by atoms with E-state index in [0.717, 1.165) is 0 Å². The van der Waals surface area contributed by atoms with E-state index < -0.39 is 0 Å². The topological polar surface area (TPSA) is 89.9 Å². The van der Waals surface area contributed by atoms with Gasteiger partial charge >= 0.3 is 0 Å². The zero-order chi connectivity index (χ0) is 15.4. The third-order valence-corrected chi connectivity index (χ3v) is 3.17. The molecular formula is C13H16N6OS. The summed E-state index contributed by atoms with van der Waals surface area (Å²) in [5.74, 6) is 0.176. The highest BCUT2D eigenvalue weighted by molar-refractivity contribution is 7.80. The van der Waals surface area contributed by atoms with Crippen LogP contribution in [0.25, 0.3) is 5.69 Å². The van der Waals surface area contributed by atoms with Gasteiger partial charge < -0.3 is 10.6 Å². The average molecular weight is 304 g/mol. The molecule has 0 aliphatic carbocycles. The number of carbonyl (C=O) groups is 1. The van der Waals surface area contributed by atoms with E-state index in [9.17, 15) is 4.79 Å². The van der Waals surface area contributed by atoms with E-state index in [1.165, 1.54) is 11.0 Å². The normalized spacial score (nSPS) is 10.4. The number of hydrogen-bond donors (Lipinski definition) is 1. The van der Waals surface area contributed by atoms with E-state index in [0.29, 0.717) is 30.3 Å². The molecule has 0 atom stereocenters. The lowest BCUT2D eigenvalue weighted by Crippen LogP contribution is -2.31. The molecule has 0 unspecified atom stereocenters. The van der Waals surface area contributed by atoms with Crippen molar-refractivity contribution in [1.29, 1.82) is 0 Å². The maximum absolute atomic E-state index is 12.3. The Morgan fingerprint density at radius 1 is 1.38 bits per heavy atom. The first-order valence-electron chi connectivity index (χ1n) is 6.54. The summed E-state index contributed by atoms with van der Waals surface area (Å²) in [7, 11) is 0. The number of hydrogen-bond acceptors (Lipinski definition) is 5. The summed E-state index contributed by atoms with van der Waals surface area (Å²) in [6, 6.07) is 3.40. The number of thiocarbonyl (C=S) groups is 1. The van der Waals surface area contributed by atoms with Crippen LogP contribution in [0.2, 0.25) is 0 Å². The zero-order valence-corrected chi connectivity index (χ0v) is 12.7. The molecule has 0 aromatic carbocycles. The van der Waals surface area contributed by atoms with E-state index in [2.05, 4.69) is 15.1 Å². The second-order valence-corrected chi connectivity index (χ2v) is 4.69. The largest absolute Gasteiger partial charge is 0.387 e. The van der Waals surface area contributed by atoms with Gasteiger partial charge in [-0.1, -0.05) is 12.2 Å². The highest BCUT2D eigenvalue weighted by atomic mass is 32.1. The second kappa shape index (κ2) is 6.40. The first kappa shape index (κ1) is 15.0. The fraction of sp³-hybridized carbons (Fsp3) is 0.308. The Morgan fingerprint density at radius 3 is 2.67 bits per heavy atom. The van der Waals surface area contributed by atoms with Crippen LogP contribution in [-0.2, 0) is 0 Å². The highest BCUT2D eigenvalue weighted by Crippen LogP contribution is 2.09. The van der Waals surface area contributed by atoms with Crippen LogP contribution in [0.15, 0.2) is 24.7 Å². The molecule has 0 spiro atoms. The van der Waals surface area contributed by atoms with Crippen molar-refractivity contribution < 1.29 is 4.79 Å². The number of carbonyl (C=O) groups excluding carboxylic acids is 1. The van der Waals surface area contributed by atoms with Gasteiger partial charge in [0.15, 0.2) is 0 Å². The summed E-state index contributed by atoms with van der Waals surface area (Å²) >= 11 is 4.82. The van der Waals surface area contributed by atoms with Crippen molar-refractivity contribution in [3.05, 3.63) is 36.2 Å². The van der Waals surface area contributed by atoms with Gasteiger partial charge in [-0.05, 0) is 26.0 Å². The smallest absolute Gasteiger partial charge is 0.272 e. The van der Waals surface area contributed by atoms with Crippen molar-refractivity contribution in [3.8, 4) is 5.69 Å². The third-order valence-electron chi connectivity index (χ3n) is 2.99. The molecule has 0 aliphatic rings. The van der Waals surface area contributed by atoms with E-state index >= 15 is 0 Å². The Kier molecular flexibility index (Phi) is 4.59. The summed E-state index contributed by atoms with van der Waals surface area (Å²) in [6.45, 7) is 5.13. The Hall–Kier alpha value is -2.35. The van der Waals surface area contributed by atoms with Gasteiger partial charge in [-0.15, -0.1) is 5.10 Å². The van der Waals surface area contributed by atoms with Gasteiger partial charge in [0.1, 0.15) is 17.0 Å². The lowest BCUT2D eigenvalue weighted by atomic mass is 10.3. The van der Waals surface area contributed by atoms with Crippen LogP contribution in [-0.4, -0.2) is 48.6 Å². The SMILES string of the molecule is CCN(CC)C(=O)c1cc(-n2cnc(C(N)=S)n2)ccn1. The molecule has 8 heteroatoms. The van der Waals surface area contributed by atoms with E-state index in [1.807, 2.05) is 13.8 Å². The zero-order valence-electron chi connectivity index (χ0n) is 11.9. The van der Waals surface area contributed by atoms with Crippen molar-refractivity contribution in [1.82, 2.24) is 24.6 Å². The van der Waals surface area contributed by atoms with Crippen LogP contribution in [0.3, 0.4) is 0 Å². The molecule has 7 nitrogen and oxygen atoms in total. The molecule has 2 rings (SSSR count). The average Bonchev–Trinajstić information content (AvgIpc) is 2.98. The lowest BCUT2D eigenvalue weighted by Gasteiger charge is -2.18. The van der Waals surface area contributed by atoms with Crippen molar-refractivity contribution in [2.24, 2.45) is 5.73 Å². The maximum Gasteiger partial charge on any atom is 0.272 e. The fourth-order valence-electron chi connectivity index (χ4n) is 1.85. The molecule has 0 aliphatic heterocycles. The minimum Gasteiger partial charge on any atom is -0.387 e. The van der Waals surface area contributed by atoms with Crippen molar-refractivity contribution in [2.75, 3.05) is 13.1 Å². The Balaban J connectivity index is 2.32. The Labute approximate surface area is 127 Å². The van der Waals surface area contributed by atoms with Gasteiger partial charge in [0.05, 0.1) is 5.69 Å². The van der Waals surface area contributed by atoms with Crippen molar-refractivity contribution in [3.63, 3.8) is 0 Å². The molecular weight excluding hydrogens is 288 g/mol. The molecule has 0 radical (unpaired) electrons. The van der Waals surface area contributed by atoms with Crippen molar-refractivity contribution in [2.45, 2.75) is 13.8 Å². The number of pyridine rings is 1. The number of aromatic nitrogens is 4. The summed E-state index contributed by atoms with van der Waals surface area (Å²) < 4.78 is 1.51. The van der Waals surface area contributed by atoms with Crippen LogP contribution in [0.5, 0.6) is 0 Å². The highest BCUT2D eigenvalue weighted by Gasteiger charge is 2.15. The van der Waals surface area contributed by atoms with E-state index in [4.69, 9.17) is 18.0 Å². The summed E-state index contributed by atoms with van der Waals surface area (Å²) in [6.07, 6.45) is 3.06. The van der Waals surface area contributed by atoms with Gasteiger partial charge in [-0.3, -0.25) is 9.78 Å². The summed E-state index contributed by atoms with van der Waals surface area (Å²) in [4.78, 5) is 22.2. The van der Waals surface area contributed by atoms with Gasteiger partial charge in [-0.2, -0.15) is 0 Å². The van der Waals surface area contributed by atoms with Crippen LogP contribution in [0.4, 0.5) is 0 Å². The molecule has 0 saturated heterocycles. The number of nitrogens with zero attached hydrogens (tertiary/aromatic N) is 5. The number of amides is 1. The fourth-order valence-corrected chi connectivity index (χ4v) is 1.95. The molecule has 0 fully saturated rings. The molecule has 1 amide bonds. The predicted octanol–water partition coefficient (Wildman–Crippen LogP) is 0.778. The predicted molar refractivity (Wildman–Crippen MR) is 82.3 cm³/mol. The standard InChI is InChI=1S/C13H16N6OS/c1-3-18(4-2)13(20)10-7-9(5-6-15-10)19-8-16-12(17-19)11(14)21/h5-8H,3-4H2,1-2H3,(H2,14,21). The number of nitrogens with two attached hydrogens (primary N) is 1. The van der Waals surface area contributed by atoms with Gasteiger partial charge in [0, 0.05) is 19.3 Å². The van der Waals surface area contributed by atoms with Crippen LogP contribution >= 0.6 is 12.2 Å². The monoisotopic (exact) mass is 304 g/mol. The lowest BCUT2D eigenvalue weighted by molar-refractivity contribution is 0.0767. The number of rotatable bonds is 5. The van der Waals surface area contributed by atoms with Crippen LogP contribution in [0, 0.1) is 0 Å². The van der Waals surface area contributed by atoms with E-state index in [1.54, 1.807) is 23.2 Å². The van der Waals surface area contributed by atoms with Gasteiger partial charge in [0.25, 0.3) is 5.91 Å².